The predicted molar refractivity (Wildman–Crippen MR) is 128 cm³/mol. The molecule has 0 amide bonds. The molecule has 0 atom stereocenters. The molecule has 0 aliphatic rings. The highest BCUT2D eigenvalue weighted by atomic mass is 16.7. The second kappa shape index (κ2) is 26.5. The molecule has 0 heterocycles. The zero-order valence-electron chi connectivity index (χ0n) is 20.5. The van der Waals surface area contributed by atoms with Crippen LogP contribution < -0.4 is 0 Å². The van der Waals surface area contributed by atoms with E-state index < -0.39 is 0 Å². The van der Waals surface area contributed by atoms with Crippen molar-refractivity contribution < 1.29 is 18.9 Å². The van der Waals surface area contributed by atoms with E-state index in [9.17, 15) is 0 Å². The lowest BCUT2D eigenvalue weighted by atomic mass is 10.1. The summed E-state index contributed by atoms with van der Waals surface area (Å²) in [6.07, 6.45) is 23.3. The molecule has 0 bridgehead atoms. The molecule has 180 valence electrons. The molecule has 0 rings (SSSR count). The molecule has 30 heavy (non-hydrogen) atoms. The van der Waals surface area contributed by atoms with Crippen LogP contribution in [0.3, 0.4) is 0 Å². The average Bonchev–Trinajstić information content (AvgIpc) is 2.75. The summed E-state index contributed by atoms with van der Waals surface area (Å²) in [6.45, 7) is 9.45. The van der Waals surface area contributed by atoms with Crippen LogP contribution in [0.4, 0.5) is 0 Å². The van der Waals surface area contributed by atoms with Crippen LogP contribution in [0.2, 0.25) is 0 Å². The van der Waals surface area contributed by atoms with E-state index in [1.165, 1.54) is 70.6 Å². The van der Waals surface area contributed by atoms with E-state index in [-0.39, 0.29) is 6.29 Å². The summed E-state index contributed by atoms with van der Waals surface area (Å²) in [6, 6.07) is 0. The summed E-state index contributed by atoms with van der Waals surface area (Å²) >= 11 is 0. The highest BCUT2D eigenvalue weighted by molar-refractivity contribution is 4.72. The van der Waals surface area contributed by atoms with Crippen molar-refractivity contribution in [1.82, 2.24) is 0 Å². The van der Waals surface area contributed by atoms with Crippen molar-refractivity contribution in [3.8, 4) is 0 Å². The lowest BCUT2D eigenvalue weighted by molar-refractivity contribution is -0.147. The number of hydrogen-bond donors (Lipinski definition) is 0. The maximum atomic E-state index is 5.91. The Morgan fingerprint density at radius 3 is 1.83 bits per heavy atom. The van der Waals surface area contributed by atoms with Crippen molar-refractivity contribution in [2.45, 2.75) is 130 Å². The van der Waals surface area contributed by atoms with Gasteiger partial charge in [0, 0.05) is 13.2 Å². The lowest BCUT2D eigenvalue weighted by Crippen LogP contribution is -2.18. The standard InChI is InChI=1S/C26H52O4/c1-4-7-18-21-27-25-28-22-19-16-14-12-10-11-13-15-17-20-26(29-23-8-5-2)30-24-9-6-3/h19,22,26H,4-18,20-21,23-25H2,1-3H3. The Labute approximate surface area is 188 Å². The van der Waals surface area contributed by atoms with Gasteiger partial charge in [0.1, 0.15) is 0 Å². The summed E-state index contributed by atoms with van der Waals surface area (Å²) in [5.41, 5.74) is 0. The minimum Gasteiger partial charge on any atom is -0.475 e. The van der Waals surface area contributed by atoms with E-state index in [1.54, 1.807) is 6.26 Å². The van der Waals surface area contributed by atoms with Crippen molar-refractivity contribution in [2.75, 3.05) is 26.6 Å². The van der Waals surface area contributed by atoms with Crippen LogP contribution in [0.25, 0.3) is 0 Å². The molecule has 0 unspecified atom stereocenters. The van der Waals surface area contributed by atoms with Gasteiger partial charge in [-0.2, -0.15) is 0 Å². The molecule has 0 saturated heterocycles. The maximum absolute atomic E-state index is 5.91. The first-order chi connectivity index (χ1) is 14.8. The number of unbranched alkanes of at least 4 members (excludes halogenated alkanes) is 11. The lowest BCUT2D eigenvalue weighted by Gasteiger charge is -2.18. The Balaban J connectivity index is 3.42. The Kier molecular flexibility index (Phi) is 25.9. The van der Waals surface area contributed by atoms with Gasteiger partial charge in [-0.05, 0) is 51.0 Å². The van der Waals surface area contributed by atoms with Gasteiger partial charge in [-0.3, -0.25) is 0 Å². The molecule has 0 aromatic heterocycles. The first kappa shape index (κ1) is 29.4. The third kappa shape index (κ3) is 23.7. The zero-order valence-corrected chi connectivity index (χ0v) is 20.5. The summed E-state index contributed by atoms with van der Waals surface area (Å²) in [7, 11) is 0. The van der Waals surface area contributed by atoms with Crippen LogP contribution in [0.5, 0.6) is 0 Å². The molecule has 0 aromatic carbocycles. The number of allylic oxidation sites excluding steroid dienone is 1. The van der Waals surface area contributed by atoms with Gasteiger partial charge in [0.15, 0.2) is 13.1 Å². The maximum Gasteiger partial charge on any atom is 0.188 e. The highest BCUT2D eigenvalue weighted by Crippen LogP contribution is 2.13. The molecule has 0 fully saturated rings. The van der Waals surface area contributed by atoms with Gasteiger partial charge in [-0.25, -0.2) is 0 Å². The quantitative estimate of drug-likeness (QED) is 0.0835. The van der Waals surface area contributed by atoms with E-state index in [0.29, 0.717) is 6.79 Å². The molecule has 4 nitrogen and oxygen atoms in total. The molecule has 0 saturated carbocycles. The molecular formula is C26H52O4. The fraction of sp³-hybridized carbons (Fsp3) is 0.923. The fourth-order valence-electron chi connectivity index (χ4n) is 3.13. The number of ether oxygens (including phenoxy) is 4. The first-order valence-electron chi connectivity index (χ1n) is 12.9. The second-order valence-electron chi connectivity index (χ2n) is 8.20. The van der Waals surface area contributed by atoms with Crippen molar-refractivity contribution in [2.24, 2.45) is 0 Å². The molecule has 0 aliphatic heterocycles. The minimum absolute atomic E-state index is 0.0128. The summed E-state index contributed by atoms with van der Waals surface area (Å²) < 4.78 is 22.6. The van der Waals surface area contributed by atoms with Crippen LogP contribution >= 0.6 is 0 Å². The van der Waals surface area contributed by atoms with Crippen LogP contribution in [0.1, 0.15) is 124 Å². The molecule has 0 aromatic rings. The SMILES string of the molecule is CCCCCOCOC=CCCCCCCCCCC(OCCCC)OCCCC. The van der Waals surface area contributed by atoms with E-state index in [0.717, 1.165) is 51.9 Å². The summed E-state index contributed by atoms with van der Waals surface area (Å²) in [4.78, 5) is 0. The van der Waals surface area contributed by atoms with Gasteiger partial charge in [0.2, 0.25) is 0 Å². The van der Waals surface area contributed by atoms with Gasteiger partial charge in [-0.15, -0.1) is 0 Å². The minimum atomic E-state index is 0.0128. The van der Waals surface area contributed by atoms with Crippen molar-refractivity contribution in [3.05, 3.63) is 12.3 Å². The molecule has 0 aliphatic carbocycles. The van der Waals surface area contributed by atoms with Crippen molar-refractivity contribution >= 4 is 0 Å². The Morgan fingerprint density at radius 2 is 1.20 bits per heavy atom. The van der Waals surface area contributed by atoms with Crippen LogP contribution in [-0.4, -0.2) is 32.9 Å². The Morgan fingerprint density at radius 1 is 0.600 bits per heavy atom. The third-order valence-electron chi connectivity index (χ3n) is 5.15. The molecule has 0 radical (unpaired) electrons. The summed E-state index contributed by atoms with van der Waals surface area (Å²) in [5, 5.41) is 0. The molecule has 4 heteroatoms. The van der Waals surface area contributed by atoms with Crippen molar-refractivity contribution in [1.29, 1.82) is 0 Å². The summed E-state index contributed by atoms with van der Waals surface area (Å²) in [5.74, 6) is 0. The van der Waals surface area contributed by atoms with Crippen molar-refractivity contribution in [3.63, 3.8) is 0 Å². The second-order valence-corrected chi connectivity index (χ2v) is 8.20. The van der Waals surface area contributed by atoms with Gasteiger partial charge in [0.25, 0.3) is 0 Å². The normalized spacial score (nSPS) is 11.7. The Bertz CT molecular complexity index is 323. The number of rotatable bonds is 25. The predicted octanol–water partition coefficient (Wildman–Crippen LogP) is 8.15. The van der Waals surface area contributed by atoms with Gasteiger partial charge < -0.3 is 18.9 Å². The van der Waals surface area contributed by atoms with Gasteiger partial charge in [0.05, 0.1) is 12.9 Å². The van der Waals surface area contributed by atoms with E-state index in [4.69, 9.17) is 18.9 Å². The van der Waals surface area contributed by atoms with Gasteiger partial charge >= 0.3 is 0 Å². The highest BCUT2D eigenvalue weighted by Gasteiger charge is 2.08. The van der Waals surface area contributed by atoms with Crippen LogP contribution in [-0.2, 0) is 18.9 Å². The Hall–Kier alpha value is -0.580. The van der Waals surface area contributed by atoms with E-state index in [2.05, 4.69) is 26.8 Å². The zero-order chi connectivity index (χ0) is 22.0. The monoisotopic (exact) mass is 428 g/mol. The van der Waals surface area contributed by atoms with E-state index in [1.807, 2.05) is 0 Å². The molecular weight excluding hydrogens is 376 g/mol. The fourth-order valence-corrected chi connectivity index (χ4v) is 3.13. The largest absolute Gasteiger partial charge is 0.475 e. The van der Waals surface area contributed by atoms with Crippen LogP contribution in [0.15, 0.2) is 12.3 Å². The van der Waals surface area contributed by atoms with Gasteiger partial charge in [-0.1, -0.05) is 78.6 Å². The smallest absolute Gasteiger partial charge is 0.188 e. The first-order valence-corrected chi connectivity index (χ1v) is 12.9. The molecule has 0 N–H and O–H groups in total. The van der Waals surface area contributed by atoms with E-state index >= 15 is 0 Å². The third-order valence-corrected chi connectivity index (χ3v) is 5.15. The average molecular weight is 429 g/mol. The van der Waals surface area contributed by atoms with Crippen LogP contribution in [0, 0.1) is 0 Å². The topological polar surface area (TPSA) is 36.9 Å². The molecule has 0 spiro atoms. The number of hydrogen-bond acceptors (Lipinski definition) is 4.